The fourth-order valence-electron chi connectivity index (χ4n) is 2.86. The molecule has 1 aromatic rings. The van der Waals surface area contributed by atoms with E-state index in [9.17, 15) is 5.11 Å². The van der Waals surface area contributed by atoms with Crippen molar-refractivity contribution in [2.24, 2.45) is 11.1 Å². The first kappa shape index (κ1) is 14.2. The summed E-state index contributed by atoms with van der Waals surface area (Å²) >= 11 is 0. The Hall–Kier alpha value is -1.26. The van der Waals surface area contributed by atoms with Crippen LogP contribution in [0.3, 0.4) is 0 Å². The molecular weight excluding hydrogens is 242 g/mol. The van der Waals surface area contributed by atoms with Crippen LogP contribution in [-0.2, 0) is 0 Å². The predicted molar refractivity (Wildman–Crippen MR) is 74.6 cm³/mol. The van der Waals surface area contributed by atoms with Gasteiger partial charge in [0.2, 0.25) is 0 Å². The van der Waals surface area contributed by atoms with Gasteiger partial charge in [0.05, 0.1) is 20.8 Å². The minimum Gasteiger partial charge on any atom is -0.493 e. The molecule has 0 aromatic heterocycles. The quantitative estimate of drug-likeness (QED) is 0.856. The molecule has 1 fully saturated rings. The number of aliphatic hydroxyl groups is 1. The lowest BCUT2D eigenvalue weighted by Gasteiger charge is -2.45. The molecule has 0 radical (unpaired) electrons. The lowest BCUT2D eigenvalue weighted by Crippen LogP contribution is -2.43. The third kappa shape index (κ3) is 2.30. The Balaban J connectivity index is 2.39. The van der Waals surface area contributed by atoms with Gasteiger partial charge in [-0.05, 0) is 43.0 Å². The van der Waals surface area contributed by atoms with Crippen LogP contribution >= 0.6 is 0 Å². The fourth-order valence-corrected chi connectivity index (χ4v) is 2.86. The van der Waals surface area contributed by atoms with E-state index in [0.29, 0.717) is 11.5 Å². The lowest BCUT2D eigenvalue weighted by molar-refractivity contribution is 0.0181. The highest BCUT2D eigenvalue weighted by molar-refractivity contribution is 5.48. The molecule has 1 unspecified atom stereocenters. The molecule has 2 rings (SSSR count). The normalized spacial score (nSPS) is 18.6. The van der Waals surface area contributed by atoms with Crippen molar-refractivity contribution in [2.75, 3.05) is 20.8 Å². The van der Waals surface area contributed by atoms with Crippen LogP contribution in [0, 0.1) is 12.3 Å². The van der Waals surface area contributed by atoms with Crippen molar-refractivity contribution < 1.29 is 14.6 Å². The van der Waals surface area contributed by atoms with Gasteiger partial charge in [0.1, 0.15) is 0 Å². The summed E-state index contributed by atoms with van der Waals surface area (Å²) in [5.74, 6) is 1.40. The summed E-state index contributed by atoms with van der Waals surface area (Å²) in [6.45, 7) is 2.16. The Labute approximate surface area is 114 Å². The topological polar surface area (TPSA) is 64.7 Å². The van der Waals surface area contributed by atoms with Crippen molar-refractivity contribution in [1.82, 2.24) is 0 Å². The summed E-state index contributed by atoms with van der Waals surface area (Å²) in [5.41, 5.74) is 8.35. The monoisotopic (exact) mass is 265 g/mol. The minimum absolute atomic E-state index is 0.141. The first-order chi connectivity index (χ1) is 9.07. The fraction of sp³-hybridized carbons (Fsp3) is 0.600. The first-order valence-corrected chi connectivity index (χ1v) is 6.67. The van der Waals surface area contributed by atoms with E-state index in [2.05, 4.69) is 0 Å². The Bertz CT molecular complexity index is 449. The molecule has 0 spiro atoms. The number of ether oxygens (including phenoxy) is 2. The molecule has 4 nitrogen and oxygen atoms in total. The van der Waals surface area contributed by atoms with Gasteiger partial charge < -0.3 is 20.3 Å². The van der Waals surface area contributed by atoms with Gasteiger partial charge in [-0.25, -0.2) is 0 Å². The van der Waals surface area contributed by atoms with Gasteiger partial charge >= 0.3 is 0 Å². The van der Waals surface area contributed by atoms with Crippen LogP contribution in [0.5, 0.6) is 11.5 Å². The van der Waals surface area contributed by atoms with Gasteiger partial charge in [0.15, 0.2) is 11.5 Å². The second-order valence-corrected chi connectivity index (χ2v) is 5.42. The van der Waals surface area contributed by atoms with Crippen LogP contribution in [0.2, 0.25) is 0 Å². The maximum atomic E-state index is 9.65. The van der Waals surface area contributed by atoms with Gasteiger partial charge in [-0.2, -0.15) is 0 Å². The van der Waals surface area contributed by atoms with Crippen LogP contribution < -0.4 is 15.2 Å². The maximum Gasteiger partial charge on any atom is 0.161 e. The van der Waals surface area contributed by atoms with Crippen molar-refractivity contribution in [3.8, 4) is 11.5 Å². The van der Waals surface area contributed by atoms with Crippen molar-refractivity contribution >= 4 is 0 Å². The van der Waals surface area contributed by atoms with E-state index in [4.69, 9.17) is 15.2 Å². The summed E-state index contributed by atoms with van der Waals surface area (Å²) in [7, 11) is 3.24. The summed E-state index contributed by atoms with van der Waals surface area (Å²) in [4.78, 5) is 0. The average molecular weight is 265 g/mol. The van der Waals surface area contributed by atoms with Gasteiger partial charge in [0.25, 0.3) is 0 Å². The summed E-state index contributed by atoms with van der Waals surface area (Å²) in [6.07, 6.45) is 3.11. The molecule has 1 aliphatic carbocycles. The van der Waals surface area contributed by atoms with E-state index in [-0.39, 0.29) is 18.1 Å². The smallest absolute Gasteiger partial charge is 0.161 e. The van der Waals surface area contributed by atoms with E-state index in [1.54, 1.807) is 14.2 Å². The average Bonchev–Trinajstić information content (AvgIpc) is 2.37. The summed E-state index contributed by atoms with van der Waals surface area (Å²) < 4.78 is 10.6. The van der Waals surface area contributed by atoms with Crippen molar-refractivity contribution in [3.05, 3.63) is 23.3 Å². The van der Waals surface area contributed by atoms with Crippen LogP contribution in [0.25, 0.3) is 0 Å². The van der Waals surface area contributed by atoms with Gasteiger partial charge in [0, 0.05) is 11.5 Å². The zero-order valence-electron chi connectivity index (χ0n) is 11.9. The van der Waals surface area contributed by atoms with E-state index in [1.807, 2.05) is 19.1 Å². The van der Waals surface area contributed by atoms with Crippen molar-refractivity contribution in [1.29, 1.82) is 0 Å². The summed E-state index contributed by atoms with van der Waals surface area (Å²) in [5, 5.41) is 9.65. The van der Waals surface area contributed by atoms with Gasteiger partial charge in [-0.3, -0.25) is 0 Å². The van der Waals surface area contributed by atoms with E-state index in [0.717, 1.165) is 30.4 Å². The molecule has 3 N–H and O–H groups in total. The maximum absolute atomic E-state index is 9.65. The van der Waals surface area contributed by atoms with Gasteiger partial charge in [-0.15, -0.1) is 0 Å². The number of nitrogens with two attached hydrogens (primary N) is 1. The highest BCUT2D eigenvalue weighted by atomic mass is 16.5. The molecule has 1 aromatic carbocycles. The SMILES string of the molecule is COc1cc(C)c(C(N)C2(CO)CCC2)cc1OC. The summed E-state index contributed by atoms with van der Waals surface area (Å²) in [6, 6.07) is 3.72. The van der Waals surface area contributed by atoms with Crippen LogP contribution in [0.4, 0.5) is 0 Å². The Morgan fingerprint density at radius 1 is 1.26 bits per heavy atom. The molecule has 1 saturated carbocycles. The van der Waals surface area contributed by atoms with E-state index in [1.165, 1.54) is 0 Å². The second kappa shape index (κ2) is 5.39. The number of benzene rings is 1. The largest absolute Gasteiger partial charge is 0.493 e. The third-order valence-corrected chi connectivity index (χ3v) is 4.43. The number of aryl methyl sites for hydroxylation is 1. The molecule has 19 heavy (non-hydrogen) atoms. The lowest BCUT2D eigenvalue weighted by atomic mass is 9.63. The molecule has 0 amide bonds. The molecule has 0 aliphatic heterocycles. The molecule has 0 heterocycles. The zero-order chi connectivity index (χ0) is 14.0. The predicted octanol–water partition coefficient (Wildman–Crippen LogP) is 2.17. The number of hydrogen-bond acceptors (Lipinski definition) is 4. The number of rotatable bonds is 5. The minimum atomic E-state index is -0.162. The third-order valence-electron chi connectivity index (χ3n) is 4.43. The van der Waals surface area contributed by atoms with Crippen molar-refractivity contribution in [2.45, 2.75) is 32.2 Å². The zero-order valence-corrected chi connectivity index (χ0v) is 11.9. The Morgan fingerprint density at radius 2 is 1.84 bits per heavy atom. The molecular formula is C15H23NO3. The Morgan fingerprint density at radius 3 is 2.26 bits per heavy atom. The Kier molecular flexibility index (Phi) is 4.02. The number of methoxy groups -OCH3 is 2. The molecule has 0 saturated heterocycles. The highest BCUT2D eigenvalue weighted by Gasteiger charge is 2.43. The number of aliphatic hydroxyl groups excluding tert-OH is 1. The second-order valence-electron chi connectivity index (χ2n) is 5.42. The standard InChI is InChI=1S/C15H23NO3/c1-10-7-12(18-2)13(19-3)8-11(10)14(16)15(9-17)5-4-6-15/h7-8,14,17H,4-6,9,16H2,1-3H3. The van der Waals surface area contributed by atoms with Crippen molar-refractivity contribution in [3.63, 3.8) is 0 Å². The molecule has 1 atom stereocenters. The van der Waals surface area contributed by atoms with E-state index < -0.39 is 0 Å². The van der Waals surface area contributed by atoms with Crippen LogP contribution in [-0.4, -0.2) is 25.9 Å². The molecule has 106 valence electrons. The highest BCUT2D eigenvalue weighted by Crippen LogP contribution is 2.50. The molecule has 4 heteroatoms. The van der Waals surface area contributed by atoms with Crippen LogP contribution in [0.15, 0.2) is 12.1 Å². The molecule has 0 bridgehead atoms. The number of hydrogen-bond donors (Lipinski definition) is 2. The van der Waals surface area contributed by atoms with Crippen LogP contribution in [0.1, 0.15) is 36.4 Å². The molecule has 1 aliphatic rings. The first-order valence-electron chi connectivity index (χ1n) is 6.67. The van der Waals surface area contributed by atoms with E-state index >= 15 is 0 Å². The van der Waals surface area contributed by atoms with Gasteiger partial charge in [-0.1, -0.05) is 6.42 Å².